The lowest BCUT2D eigenvalue weighted by molar-refractivity contribution is -0.140. The number of amides is 2. The fourth-order valence-corrected chi connectivity index (χ4v) is 4.12. The van der Waals surface area contributed by atoms with Crippen molar-refractivity contribution in [1.29, 1.82) is 0 Å². The Kier molecular flexibility index (Phi) is 6.54. The molecule has 0 radical (unpaired) electrons. The molecule has 32 heavy (non-hydrogen) atoms. The molecule has 2 atom stereocenters. The number of phenolic OH excluding ortho intramolecular Hbond substituents is 1. The van der Waals surface area contributed by atoms with Crippen molar-refractivity contribution in [3.63, 3.8) is 0 Å². The molecule has 0 spiro atoms. The average molecular weight is 434 g/mol. The Balaban J connectivity index is 1.49. The van der Waals surface area contributed by atoms with Crippen LogP contribution in [-0.4, -0.2) is 52.8 Å². The van der Waals surface area contributed by atoms with E-state index in [1.54, 1.807) is 24.3 Å². The number of hydrogen-bond acceptors (Lipinski definition) is 5. The molecule has 2 amide bonds. The van der Waals surface area contributed by atoms with Gasteiger partial charge in [-0.3, -0.25) is 14.4 Å². The molecule has 2 aliphatic heterocycles. The molecule has 2 unspecified atom stereocenters. The van der Waals surface area contributed by atoms with Crippen molar-refractivity contribution in [2.24, 2.45) is 0 Å². The Morgan fingerprint density at radius 1 is 1.09 bits per heavy atom. The molecule has 2 aromatic carbocycles. The zero-order valence-electron chi connectivity index (χ0n) is 17.7. The van der Waals surface area contributed by atoms with Crippen LogP contribution >= 0.6 is 0 Å². The van der Waals surface area contributed by atoms with Gasteiger partial charge in [0.05, 0.1) is 0 Å². The van der Waals surface area contributed by atoms with Crippen molar-refractivity contribution in [3.8, 4) is 5.75 Å². The van der Waals surface area contributed by atoms with Crippen LogP contribution in [0.2, 0.25) is 0 Å². The van der Waals surface area contributed by atoms with Crippen LogP contribution < -0.4 is 5.32 Å². The minimum absolute atomic E-state index is 0.0354. The number of phenols is 1. The summed E-state index contributed by atoms with van der Waals surface area (Å²) < 4.78 is 5.43. The molecule has 1 saturated heterocycles. The number of ketones is 1. The highest BCUT2D eigenvalue weighted by Crippen LogP contribution is 2.26. The first kappa shape index (κ1) is 21.6. The van der Waals surface area contributed by atoms with Crippen molar-refractivity contribution in [2.75, 3.05) is 13.2 Å². The van der Waals surface area contributed by atoms with Gasteiger partial charge in [0.2, 0.25) is 11.8 Å². The second-order valence-electron chi connectivity index (χ2n) is 8.06. The average Bonchev–Trinajstić information content (AvgIpc) is 3.20. The normalized spacial score (nSPS) is 18.4. The second-order valence-corrected chi connectivity index (χ2v) is 8.06. The van der Waals surface area contributed by atoms with E-state index >= 15 is 0 Å². The minimum atomic E-state index is -0.824. The Morgan fingerprint density at radius 3 is 2.59 bits per heavy atom. The third-order valence-electron chi connectivity index (χ3n) is 5.76. The molecule has 7 heteroatoms. The monoisotopic (exact) mass is 434 g/mol. The van der Waals surface area contributed by atoms with Gasteiger partial charge < -0.3 is 20.1 Å². The van der Waals surface area contributed by atoms with Crippen LogP contribution in [0.4, 0.5) is 0 Å². The molecule has 0 aromatic heterocycles. The number of nitrogens with zero attached hydrogens (tertiary/aromatic N) is 1. The first-order valence-corrected chi connectivity index (χ1v) is 10.8. The van der Waals surface area contributed by atoms with Crippen LogP contribution in [0, 0.1) is 0 Å². The maximum Gasteiger partial charge on any atom is 0.246 e. The first-order chi connectivity index (χ1) is 15.5. The van der Waals surface area contributed by atoms with Crippen LogP contribution in [0.25, 0.3) is 0 Å². The maximum absolute atomic E-state index is 13.5. The van der Waals surface area contributed by atoms with Crippen molar-refractivity contribution < 1.29 is 24.2 Å². The van der Waals surface area contributed by atoms with Crippen LogP contribution in [0.5, 0.6) is 5.75 Å². The van der Waals surface area contributed by atoms with Crippen molar-refractivity contribution in [2.45, 2.75) is 37.8 Å². The molecular weight excluding hydrogens is 408 g/mol. The zero-order chi connectivity index (χ0) is 22.5. The molecule has 2 aliphatic rings. The van der Waals surface area contributed by atoms with Gasteiger partial charge in [-0.2, -0.15) is 0 Å². The summed E-state index contributed by atoms with van der Waals surface area (Å²) in [6, 6.07) is 14.7. The molecule has 2 N–H and O–H groups in total. The summed E-state index contributed by atoms with van der Waals surface area (Å²) in [4.78, 5) is 40.1. The van der Waals surface area contributed by atoms with Gasteiger partial charge in [-0.05, 0) is 42.2 Å². The number of nitrogens with one attached hydrogen (secondary N) is 1. The minimum Gasteiger partial charge on any atom is -0.508 e. The van der Waals surface area contributed by atoms with Gasteiger partial charge in [0.25, 0.3) is 0 Å². The number of aryl methyl sites for hydroxylation is 1. The predicted octanol–water partition coefficient (Wildman–Crippen LogP) is 2.14. The van der Waals surface area contributed by atoms with E-state index in [0.717, 1.165) is 11.1 Å². The third-order valence-corrected chi connectivity index (χ3v) is 5.76. The van der Waals surface area contributed by atoms with E-state index < -0.39 is 12.1 Å². The van der Waals surface area contributed by atoms with E-state index in [1.807, 2.05) is 36.4 Å². The number of Topliss-reactive ketones (excluding diaryl/α,β-unsaturated/α-hetero) is 1. The summed E-state index contributed by atoms with van der Waals surface area (Å²) in [5, 5.41) is 12.4. The van der Waals surface area contributed by atoms with Gasteiger partial charge in [-0.15, -0.1) is 0 Å². The highest BCUT2D eigenvalue weighted by molar-refractivity contribution is 5.96. The number of fused-ring (bicyclic) bond motifs is 1. The quantitative estimate of drug-likeness (QED) is 0.696. The van der Waals surface area contributed by atoms with E-state index in [4.69, 9.17) is 4.74 Å². The van der Waals surface area contributed by atoms with E-state index in [-0.39, 0.29) is 42.8 Å². The predicted molar refractivity (Wildman–Crippen MR) is 118 cm³/mol. The fraction of sp³-hybridized carbons (Fsp3) is 0.320. The van der Waals surface area contributed by atoms with Crippen LogP contribution in [0.15, 0.2) is 66.4 Å². The zero-order valence-corrected chi connectivity index (χ0v) is 17.7. The Bertz CT molecular complexity index is 1020. The number of hydrogen-bond donors (Lipinski definition) is 2. The van der Waals surface area contributed by atoms with Gasteiger partial charge in [0.1, 0.15) is 24.2 Å². The second kappa shape index (κ2) is 9.68. The fourth-order valence-electron chi connectivity index (χ4n) is 4.12. The van der Waals surface area contributed by atoms with Crippen LogP contribution in [-0.2, 0) is 32.0 Å². The van der Waals surface area contributed by atoms with E-state index in [1.165, 1.54) is 4.90 Å². The Hall–Kier alpha value is -3.61. The molecule has 2 aromatic rings. The van der Waals surface area contributed by atoms with Gasteiger partial charge in [-0.1, -0.05) is 42.5 Å². The summed E-state index contributed by atoms with van der Waals surface area (Å²) >= 11 is 0. The molecule has 0 bridgehead atoms. The largest absolute Gasteiger partial charge is 0.508 e. The lowest BCUT2D eigenvalue weighted by Gasteiger charge is -2.33. The summed E-state index contributed by atoms with van der Waals surface area (Å²) in [5.74, 6) is -0.0344. The maximum atomic E-state index is 13.5. The van der Waals surface area contributed by atoms with Crippen molar-refractivity contribution in [1.82, 2.24) is 10.2 Å². The highest BCUT2D eigenvalue weighted by atomic mass is 16.5. The third kappa shape index (κ3) is 4.99. The first-order valence-electron chi connectivity index (χ1n) is 10.8. The number of ether oxygens (including phenoxy) is 1. The van der Waals surface area contributed by atoms with E-state index in [9.17, 15) is 19.5 Å². The molecule has 0 aliphatic carbocycles. The lowest BCUT2D eigenvalue weighted by atomic mass is 10.00. The number of carbonyl (C=O) groups is 3. The summed E-state index contributed by atoms with van der Waals surface area (Å²) in [7, 11) is 0. The molecular formula is C25H26N2O5. The lowest BCUT2D eigenvalue weighted by Crippen LogP contribution is -2.55. The van der Waals surface area contributed by atoms with Crippen molar-refractivity contribution in [3.05, 3.63) is 77.6 Å². The molecule has 1 fully saturated rings. The van der Waals surface area contributed by atoms with Crippen molar-refractivity contribution >= 4 is 17.6 Å². The Labute approximate surface area is 186 Å². The van der Waals surface area contributed by atoms with Gasteiger partial charge >= 0.3 is 0 Å². The summed E-state index contributed by atoms with van der Waals surface area (Å²) in [6.45, 7) is 0.362. The molecule has 7 nitrogen and oxygen atoms in total. The highest BCUT2D eigenvalue weighted by Gasteiger charge is 2.42. The number of aromatic hydroxyl groups is 1. The standard InChI is InChI=1S/C25H26N2O5/c28-19-11-8-18(9-12-19)15-20(26-23(30)13-10-17-5-2-1-3-6-17)25(31)27-14-4-7-22-24(27)21(29)16-32-22/h1-3,5-9,11-12,20,24,28H,4,10,13-16H2,(H,26,30). The molecule has 166 valence electrons. The summed E-state index contributed by atoms with van der Waals surface area (Å²) in [5.41, 5.74) is 1.84. The van der Waals surface area contributed by atoms with Gasteiger partial charge in [0, 0.05) is 19.4 Å². The van der Waals surface area contributed by atoms with Crippen LogP contribution in [0.3, 0.4) is 0 Å². The molecule has 0 saturated carbocycles. The Morgan fingerprint density at radius 2 is 1.84 bits per heavy atom. The van der Waals surface area contributed by atoms with E-state index in [2.05, 4.69) is 5.32 Å². The molecule has 4 rings (SSSR count). The molecule has 2 heterocycles. The SMILES string of the molecule is O=C(CCc1ccccc1)NC(Cc1ccc(O)cc1)C(=O)N1CCC=C2OCC(=O)C21. The number of benzene rings is 2. The van der Waals surface area contributed by atoms with E-state index in [0.29, 0.717) is 25.1 Å². The topological polar surface area (TPSA) is 95.9 Å². The van der Waals surface area contributed by atoms with Gasteiger partial charge in [0.15, 0.2) is 11.8 Å². The van der Waals surface area contributed by atoms with Crippen LogP contribution in [0.1, 0.15) is 24.0 Å². The number of carbonyl (C=O) groups excluding carboxylic acids is 3. The number of rotatable bonds is 7. The summed E-state index contributed by atoms with van der Waals surface area (Å²) in [6.07, 6.45) is 3.53. The smallest absolute Gasteiger partial charge is 0.246 e. The van der Waals surface area contributed by atoms with Gasteiger partial charge in [-0.25, -0.2) is 0 Å².